The van der Waals surface area contributed by atoms with Crippen LogP contribution in [0.1, 0.15) is 12.7 Å². The number of hydrogen-bond acceptors (Lipinski definition) is 5. The van der Waals surface area contributed by atoms with Crippen LogP contribution in [-0.4, -0.2) is 29.8 Å². The first-order valence-electron chi connectivity index (χ1n) is 6.40. The number of oxazole rings is 1. The summed E-state index contributed by atoms with van der Waals surface area (Å²) < 4.78 is 5.16. The molecule has 5 heteroatoms. The molecular formula is C14H19N3O2. The third-order valence-electron chi connectivity index (χ3n) is 2.93. The Labute approximate surface area is 112 Å². The van der Waals surface area contributed by atoms with Gasteiger partial charge in [0.25, 0.3) is 0 Å². The maximum Gasteiger partial charge on any atom is 0.180 e. The van der Waals surface area contributed by atoms with Gasteiger partial charge in [-0.15, -0.1) is 0 Å². The first kappa shape index (κ1) is 13.4. The standard InChI is InChI=1S/C14H19N3O2/c1-2-17(7-8-18)13-5-3-12(4-6-13)16-10-14-9-15-11-19-14/h3-6,9,11,16,18H,2,7-8,10H2,1H3. The van der Waals surface area contributed by atoms with Crippen molar-refractivity contribution < 1.29 is 9.52 Å². The molecule has 5 nitrogen and oxygen atoms in total. The molecule has 19 heavy (non-hydrogen) atoms. The number of aromatic nitrogens is 1. The Hall–Kier alpha value is -2.01. The van der Waals surface area contributed by atoms with Gasteiger partial charge in [0.15, 0.2) is 6.39 Å². The molecule has 0 aliphatic heterocycles. The molecule has 0 aliphatic carbocycles. The third-order valence-corrected chi connectivity index (χ3v) is 2.93. The molecule has 0 bridgehead atoms. The van der Waals surface area contributed by atoms with Gasteiger partial charge in [0.05, 0.1) is 19.3 Å². The maximum absolute atomic E-state index is 9.00. The Balaban J connectivity index is 1.93. The van der Waals surface area contributed by atoms with Crippen LogP contribution in [0.15, 0.2) is 41.3 Å². The van der Waals surface area contributed by atoms with Crippen molar-refractivity contribution in [3.63, 3.8) is 0 Å². The topological polar surface area (TPSA) is 61.5 Å². The van der Waals surface area contributed by atoms with Crippen LogP contribution in [0, 0.1) is 0 Å². The van der Waals surface area contributed by atoms with Gasteiger partial charge in [-0.3, -0.25) is 0 Å². The van der Waals surface area contributed by atoms with E-state index in [0.717, 1.165) is 23.7 Å². The summed E-state index contributed by atoms with van der Waals surface area (Å²) in [6, 6.07) is 8.13. The summed E-state index contributed by atoms with van der Waals surface area (Å²) in [6.07, 6.45) is 3.12. The molecule has 0 radical (unpaired) electrons. The second-order valence-electron chi connectivity index (χ2n) is 4.17. The minimum atomic E-state index is 0.166. The lowest BCUT2D eigenvalue weighted by Crippen LogP contribution is -2.25. The first-order chi connectivity index (χ1) is 9.33. The van der Waals surface area contributed by atoms with Crippen LogP contribution in [0.5, 0.6) is 0 Å². The highest BCUT2D eigenvalue weighted by Gasteiger charge is 2.03. The molecule has 0 saturated carbocycles. The van der Waals surface area contributed by atoms with Crippen molar-refractivity contribution >= 4 is 11.4 Å². The van der Waals surface area contributed by atoms with Crippen molar-refractivity contribution in [3.8, 4) is 0 Å². The van der Waals surface area contributed by atoms with E-state index in [1.54, 1.807) is 6.20 Å². The molecule has 0 amide bonds. The predicted molar refractivity (Wildman–Crippen MR) is 75.2 cm³/mol. The fourth-order valence-corrected chi connectivity index (χ4v) is 1.90. The van der Waals surface area contributed by atoms with E-state index in [4.69, 9.17) is 9.52 Å². The van der Waals surface area contributed by atoms with Crippen molar-refractivity contribution in [1.29, 1.82) is 0 Å². The van der Waals surface area contributed by atoms with Gasteiger partial charge in [0, 0.05) is 24.5 Å². The summed E-state index contributed by atoms with van der Waals surface area (Å²) in [6.45, 7) is 4.39. The number of nitrogens with zero attached hydrogens (tertiary/aromatic N) is 2. The monoisotopic (exact) mass is 261 g/mol. The second-order valence-corrected chi connectivity index (χ2v) is 4.17. The van der Waals surface area contributed by atoms with Crippen molar-refractivity contribution in [2.75, 3.05) is 29.9 Å². The molecule has 0 aliphatic rings. The lowest BCUT2D eigenvalue weighted by molar-refractivity contribution is 0.302. The van der Waals surface area contributed by atoms with Gasteiger partial charge < -0.3 is 19.7 Å². The molecular weight excluding hydrogens is 242 g/mol. The lowest BCUT2D eigenvalue weighted by Gasteiger charge is -2.22. The lowest BCUT2D eigenvalue weighted by atomic mass is 10.2. The highest BCUT2D eigenvalue weighted by atomic mass is 16.3. The molecule has 102 valence electrons. The summed E-state index contributed by atoms with van der Waals surface area (Å²) in [7, 11) is 0. The van der Waals surface area contributed by atoms with Gasteiger partial charge in [-0.1, -0.05) is 0 Å². The fourth-order valence-electron chi connectivity index (χ4n) is 1.90. The van der Waals surface area contributed by atoms with E-state index in [0.29, 0.717) is 13.1 Å². The Morgan fingerprint density at radius 3 is 2.68 bits per heavy atom. The number of hydrogen-bond donors (Lipinski definition) is 2. The zero-order valence-corrected chi connectivity index (χ0v) is 11.0. The predicted octanol–water partition coefficient (Wildman–Crippen LogP) is 2.11. The summed E-state index contributed by atoms with van der Waals surface area (Å²) in [4.78, 5) is 5.99. The Morgan fingerprint density at radius 1 is 1.32 bits per heavy atom. The van der Waals surface area contributed by atoms with Gasteiger partial charge >= 0.3 is 0 Å². The van der Waals surface area contributed by atoms with Gasteiger partial charge in [0.2, 0.25) is 0 Å². The van der Waals surface area contributed by atoms with Crippen molar-refractivity contribution in [1.82, 2.24) is 4.98 Å². The molecule has 0 fully saturated rings. The first-order valence-corrected chi connectivity index (χ1v) is 6.40. The number of nitrogens with one attached hydrogen (secondary N) is 1. The van der Waals surface area contributed by atoms with Crippen molar-refractivity contribution in [3.05, 3.63) is 42.6 Å². The third kappa shape index (κ3) is 3.72. The van der Waals surface area contributed by atoms with Gasteiger partial charge in [-0.25, -0.2) is 4.98 Å². The average molecular weight is 261 g/mol. The largest absolute Gasteiger partial charge is 0.447 e. The van der Waals surface area contributed by atoms with Crippen LogP contribution in [-0.2, 0) is 6.54 Å². The van der Waals surface area contributed by atoms with E-state index in [1.807, 2.05) is 24.3 Å². The van der Waals surface area contributed by atoms with Crippen molar-refractivity contribution in [2.45, 2.75) is 13.5 Å². The zero-order chi connectivity index (χ0) is 13.5. The summed E-state index contributed by atoms with van der Waals surface area (Å²) in [5.41, 5.74) is 2.14. The molecule has 2 rings (SSSR count). The zero-order valence-electron chi connectivity index (χ0n) is 11.0. The molecule has 2 aromatic rings. The van der Waals surface area contributed by atoms with Gasteiger partial charge in [-0.05, 0) is 31.2 Å². The number of aliphatic hydroxyl groups excluding tert-OH is 1. The van der Waals surface area contributed by atoms with E-state index < -0.39 is 0 Å². The summed E-state index contributed by atoms with van der Waals surface area (Å²) >= 11 is 0. The molecule has 1 aromatic heterocycles. The minimum Gasteiger partial charge on any atom is -0.447 e. The molecule has 1 heterocycles. The maximum atomic E-state index is 9.00. The molecule has 0 atom stereocenters. The van der Waals surface area contributed by atoms with E-state index in [9.17, 15) is 0 Å². The number of anilines is 2. The van der Waals surface area contributed by atoms with Crippen LogP contribution in [0.25, 0.3) is 0 Å². The Kier molecular flexibility index (Phi) is 4.80. The summed E-state index contributed by atoms with van der Waals surface area (Å²) in [5.74, 6) is 0.805. The Bertz CT molecular complexity index is 468. The smallest absolute Gasteiger partial charge is 0.180 e. The van der Waals surface area contributed by atoms with Crippen LogP contribution >= 0.6 is 0 Å². The fraction of sp³-hybridized carbons (Fsp3) is 0.357. The van der Waals surface area contributed by atoms with E-state index in [2.05, 4.69) is 22.1 Å². The van der Waals surface area contributed by atoms with Crippen LogP contribution in [0.2, 0.25) is 0 Å². The van der Waals surface area contributed by atoms with E-state index in [1.165, 1.54) is 6.39 Å². The molecule has 2 N–H and O–H groups in total. The SMILES string of the molecule is CCN(CCO)c1ccc(NCc2cnco2)cc1. The number of likely N-dealkylation sites (N-methyl/N-ethyl adjacent to an activating group) is 1. The quantitative estimate of drug-likeness (QED) is 0.799. The number of rotatable bonds is 7. The summed E-state index contributed by atoms with van der Waals surface area (Å²) in [5, 5.41) is 12.3. The van der Waals surface area contributed by atoms with Crippen LogP contribution in [0.4, 0.5) is 11.4 Å². The normalized spacial score (nSPS) is 10.4. The number of benzene rings is 1. The second kappa shape index (κ2) is 6.80. The van der Waals surface area contributed by atoms with Crippen LogP contribution < -0.4 is 10.2 Å². The molecule has 0 saturated heterocycles. The molecule has 0 spiro atoms. The molecule has 1 aromatic carbocycles. The van der Waals surface area contributed by atoms with E-state index >= 15 is 0 Å². The van der Waals surface area contributed by atoms with Gasteiger partial charge in [-0.2, -0.15) is 0 Å². The van der Waals surface area contributed by atoms with Crippen LogP contribution in [0.3, 0.4) is 0 Å². The van der Waals surface area contributed by atoms with E-state index in [-0.39, 0.29) is 6.61 Å². The minimum absolute atomic E-state index is 0.166. The number of aliphatic hydroxyl groups is 1. The Morgan fingerprint density at radius 2 is 2.11 bits per heavy atom. The molecule has 0 unspecified atom stereocenters. The van der Waals surface area contributed by atoms with Crippen molar-refractivity contribution in [2.24, 2.45) is 0 Å². The van der Waals surface area contributed by atoms with Gasteiger partial charge in [0.1, 0.15) is 5.76 Å². The highest BCUT2D eigenvalue weighted by molar-refractivity contribution is 5.55. The highest BCUT2D eigenvalue weighted by Crippen LogP contribution is 2.18. The average Bonchev–Trinajstić information content (AvgIpc) is 2.96.